The fourth-order valence-corrected chi connectivity index (χ4v) is 3.11. The van der Waals surface area contributed by atoms with Crippen molar-refractivity contribution in [1.29, 1.82) is 0 Å². The van der Waals surface area contributed by atoms with Crippen LogP contribution in [0.15, 0.2) is 28.1 Å². The number of β-amino-alcohol motifs (C(OH)–C–C–N with tert-alkyl or cyclic N) is 1. The summed E-state index contributed by atoms with van der Waals surface area (Å²) in [6.07, 6.45) is 1.77. The average molecular weight is 317 g/mol. The third kappa shape index (κ3) is 2.35. The van der Waals surface area contributed by atoms with Gasteiger partial charge in [-0.05, 0) is 19.1 Å². The molecule has 1 fully saturated rings. The summed E-state index contributed by atoms with van der Waals surface area (Å²) < 4.78 is 7.27. The molecule has 2 N–H and O–H groups in total. The number of furan rings is 1. The smallest absolute Gasteiger partial charge is 0.162 e. The summed E-state index contributed by atoms with van der Waals surface area (Å²) in [4.78, 5) is 4.56. The van der Waals surface area contributed by atoms with Crippen LogP contribution in [0.1, 0.15) is 17.1 Å². The first-order valence-electron chi connectivity index (χ1n) is 6.97. The molecule has 0 aromatic carbocycles. The zero-order valence-corrected chi connectivity index (χ0v) is 12.8. The molecule has 0 saturated carbocycles. The molecular formula is C14H15N5O2S. The molecule has 1 aliphatic rings. The van der Waals surface area contributed by atoms with Gasteiger partial charge in [-0.3, -0.25) is 0 Å². The molecule has 1 aliphatic heterocycles. The number of nitrogens with one attached hydrogen (secondary N) is 1. The van der Waals surface area contributed by atoms with Gasteiger partial charge in [-0.15, -0.1) is 16.4 Å². The minimum absolute atomic E-state index is 0.518. The molecule has 1 saturated heterocycles. The third-order valence-electron chi connectivity index (χ3n) is 3.68. The molecule has 8 heteroatoms. The lowest BCUT2D eigenvalue weighted by molar-refractivity contribution is -0.0186. The van der Waals surface area contributed by atoms with Crippen LogP contribution in [0.2, 0.25) is 0 Å². The molecule has 3 aromatic heterocycles. The van der Waals surface area contributed by atoms with Gasteiger partial charge in [0.2, 0.25) is 0 Å². The fourth-order valence-electron chi connectivity index (χ4n) is 2.34. The quantitative estimate of drug-likeness (QED) is 0.750. The number of thiazole rings is 1. The van der Waals surface area contributed by atoms with Gasteiger partial charge in [-0.1, -0.05) is 5.21 Å². The molecule has 0 unspecified atom stereocenters. The number of aromatic nitrogens is 4. The van der Waals surface area contributed by atoms with Crippen molar-refractivity contribution in [2.24, 2.45) is 0 Å². The molecule has 0 aliphatic carbocycles. The van der Waals surface area contributed by atoms with Gasteiger partial charge in [-0.25, -0.2) is 9.67 Å². The lowest BCUT2D eigenvalue weighted by Gasteiger charge is -2.35. The van der Waals surface area contributed by atoms with Crippen LogP contribution in [0.3, 0.4) is 0 Å². The standard InChI is InChI=1S/C14H15N5O2S/c1-9-2-3-11(21-9)13-16-10(6-22-13)4-19-5-12(17-18-19)14(20)7-15-8-14/h2-3,5-6,15,20H,4,7-8H2,1H3. The third-order valence-corrected chi connectivity index (χ3v) is 4.58. The summed E-state index contributed by atoms with van der Waals surface area (Å²) in [5.41, 5.74) is 0.615. The highest BCUT2D eigenvalue weighted by Crippen LogP contribution is 2.26. The lowest BCUT2D eigenvalue weighted by atomic mass is 9.94. The van der Waals surface area contributed by atoms with Crippen LogP contribution in [0.5, 0.6) is 0 Å². The van der Waals surface area contributed by atoms with E-state index < -0.39 is 5.60 Å². The zero-order valence-electron chi connectivity index (χ0n) is 12.0. The molecule has 0 amide bonds. The highest BCUT2D eigenvalue weighted by Gasteiger charge is 2.38. The minimum atomic E-state index is -0.878. The number of aryl methyl sites for hydroxylation is 1. The van der Waals surface area contributed by atoms with E-state index in [1.54, 1.807) is 10.9 Å². The highest BCUT2D eigenvalue weighted by molar-refractivity contribution is 7.13. The molecule has 3 aromatic rings. The Morgan fingerprint density at radius 3 is 3.00 bits per heavy atom. The predicted octanol–water partition coefficient (Wildman–Crippen LogP) is 1.14. The van der Waals surface area contributed by atoms with Gasteiger partial charge in [0.15, 0.2) is 10.8 Å². The summed E-state index contributed by atoms with van der Waals surface area (Å²) in [7, 11) is 0. The summed E-state index contributed by atoms with van der Waals surface area (Å²) in [6, 6.07) is 3.85. The molecule has 0 spiro atoms. The van der Waals surface area contributed by atoms with Crippen LogP contribution in [-0.2, 0) is 12.1 Å². The maximum atomic E-state index is 10.2. The van der Waals surface area contributed by atoms with Gasteiger partial charge in [0, 0.05) is 18.5 Å². The topological polar surface area (TPSA) is 89.0 Å². The van der Waals surface area contributed by atoms with Gasteiger partial charge >= 0.3 is 0 Å². The van der Waals surface area contributed by atoms with E-state index in [-0.39, 0.29) is 0 Å². The van der Waals surface area contributed by atoms with Crippen LogP contribution in [0.4, 0.5) is 0 Å². The second kappa shape index (κ2) is 5.01. The Balaban J connectivity index is 1.51. The molecule has 7 nitrogen and oxygen atoms in total. The van der Waals surface area contributed by atoms with Crippen molar-refractivity contribution in [1.82, 2.24) is 25.3 Å². The normalized spacial score (nSPS) is 16.6. The number of hydrogen-bond acceptors (Lipinski definition) is 7. The molecular weight excluding hydrogens is 302 g/mol. The molecule has 22 heavy (non-hydrogen) atoms. The van der Waals surface area contributed by atoms with Crippen LogP contribution < -0.4 is 5.32 Å². The Hall–Kier alpha value is -2.03. The molecule has 0 bridgehead atoms. The van der Waals surface area contributed by atoms with E-state index in [2.05, 4.69) is 20.6 Å². The van der Waals surface area contributed by atoms with E-state index in [0.717, 1.165) is 22.2 Å². The average Bonchev–Trinajstić information content (AvgIpc) is 3.17. The maximum Gasteiger partial charge on any atom is 0.162 e. The van der Waals surface area contributed by atoms with E-state index >= 15 is 0 Å². The largest absolute Gasteiger partial charge is 0.459 e. The summed E-state index contributed by atoms with van der Waals surface area (Å²) in [5, 5.41) is 24.2. The van der Waals surface area contributed by atoms with Gasteiger partial charge < -0.3 is 14.8 Å². The van der Waals surface area contributed by atoms with Gasteiger partial charge in [-0.2, -0.15) is 0 Å². The van der Waals surface area contributed by atoms with Crippen molar-refractivity contribution in [3.05, 3.63) is 40.9 Å². The molecule has 4 rings (SSSR count). The monoisotopic (exact) mass is 317 g/mol. The van der Waals surface area contributed by atoms with Crippen molar-refractivity contribution in [2.75, 3.05) is 13.1 Å². The SMILES string of the molecule is Cc1ccc(-c2nc(Cn3cc(C4(O)CNC4)nn3)cs2)o1. The minimum Gasteiger partial charge on any atom is -0.459 e. The Morgan fingerprint density at radius 2 is 2.32 bits per heavy atom. The summed E-state index contributed by atoms with van der Waals surface area (Å²) in [6.45, 7) is 3.47. The van der Waals surface area contributed by atoms with E-state index in [4.69, 9.17) is 4.42 Å². The molecule has 114 valence electrons. The summed E-state index contributed by atoms with van der Waals surface area (Å²) >= 11 is 1.54. The molecule has 0 radical (unpaired) electrons. The Morgan fingerprint density at radius 1 is 1.45 bits per heavy atom. The fraction of sp³-hybridized carbons (Fsp3) is 0.357. The van der Waals surface area contributed by atoms with Crippen LogP contribution in [-0.4, -0.2) is 38.2 Å². The second-order valence-electron chi connectivity index (χ2n) is 5.49. The van der Waals surface area contributed by atoms with E-state index in [1.807, 2.05) is 24.4 Å². The van der Waals surface area contributed by atoms with Crippen molar-refractivity contribution >= 4 is 11.3 Å². The number of hydrogen-bond donors (Lipinski definition) is 2. The van der Waals surface area contributed by atoms with E-state index in [0.29, 0.717) is 25.3 Å². The first-order valence-corrected chi connectivity index (χ1v) is 7.85. The Labute approximate surface area is 130 Å². The number of aliphatic hydroxyl groups is 1. The molecule has 4 heterocycles. The van der Waals surface area contributed by atoms with Gasteiger partial charge in [0.1, 0.15) is 17.1 Å². The van der Waals surface area contributed by atoms with Crippen LogP contribution >= 0.6 is 11.3 Å². The zero-order chi connectivity index (χ0) is 15.2. The highest BCUT2D eigenvalue weighted by atomic mass is 32.1. The maximum absolute atomic E-state index is 10.2. The van der Waals surface area contributed by atoms with Crippen LogP contribution in [0.25, 0.3) is 10.8 Å². The van der Waals surface area contributed by atoms with Crippen molar-refractivity contribution in [3.8, 4) is 10.8 Å². The first-order chi connectivity index (χ1) is 10.6. The lowest BCUT2D eigenvalue weighted by Crippen LogP contribution is -2.57. The van der Waals surface area contributed by atoms with Crippen molar-refractivity contribution < 1.29 is 9.52 Å². The number of nitrogens with zero attached hydrogens (tertiary/aromatic N) is 4. The van der Waals surface area contributed by atoms with E-state index in [1.165, 1.54) is 11.3 Å². The Kier molecular flexibility index (Phi) is 3.10. The van der Waals surface area contributed by atoms with E-state index in [9.17, 15) is 5.11 Å². The van der Waals surface area contributed by atoms with Crippen LogP contribution in [0, 0.1) is 6.92 Å². The predicted molar refractivity (Wildman–Crippen MR) is 80.4 cm³/mol. The second-order valence-corrected chi connectivity index (χ2v) is 6.35. The summed E-state index contributed by atoms with van der Waals surface area (Å²) in [5.74, 6) is 1.65. The first kappa shape index (κ1) is 13.6. The Bertz CT molecular complexity index is 802. The van der Waals surface area contributed by atoms with Gasteiger partial charge in [0.25, 0.3) is 0 Å². The molecule has 0 atom stereocenters. The van der Waals surface area contributed by atoms with Crippen molar-refractivity contribution in [3.63, 3.8) is 0 Å². The number of rotatable bonds is 4. The van der Waals surface area contributed by atoms with Crippen molar-refractivity contribution in [2.45, 2.75) is 19.1 Å². The van der Waals surface area contributed by atoms with Gasteiger partial charge in [0.05, 0.1) is 18.4 Å².